The molecule has 0 aliphatic heterocycles. The molecule has 0 amide bonds. The summed E-state index contributed by atoms with van der Waals surface area (Å²) >= 11 is 8.80. The average molecular weight is 165 g/mol. The lowest BCUT2D eigenvalue weighted by atomic mass is 10.6. The van der Waals surface area contributed by atoms with Gasteiger partial charge < -0.3 is 0 Å². The van der Waals surface area contributed by atoms with E-state index in [0.717, 1.165) is 0 Å². The standard InChI is InChI=1S/C3HCl2F3/c4-3(5,8)2(7)1-6/h1H/b2-1+. The van der Waals surface area contributed by atoms with Gasteiger partial charge >= 0.3 is 4.59 Å². The summed E-state index contributed by atoms with van der Waals surface area (Å²) in [6.45, 7) is 0. The predicted octanol–water partition coefficient (Wildman–Crippen LogP) is 2.87. The van der Waals surface area contributed by atoms with Gasteiger partial charge in [0.15, 0.2) is 5.83 Å². The third-order valence-electron chi connectivity index (χ3n) is 0.367. The van der Waals surface area contributed by atoms with Gasteiger partial charge in [0.1, 0.15) is 6.33 Å². The van der Waals surface area contributed by atoms with Crippen molar-refractivity contribution in [2.24, 2.45) is 0 Å². The van der Waals surface area contributed by atoms with Crippen LogP contribution in [-0.2, 0) is 0 Å². The Labute approximate surface area is 53.9 Å². The Balaban J connectivity index is 4.03. The van der Waals surface area contributed by atoms with Gasteiger partial charge in [0.25, 0.3) is 0 Å². The fraction of sp³-hybridized carbons (Fsp3) is 0.333. The smallest absolute Gasteiger partial charge is 0.212 e. The van der Waals surface area contributed by atoms with Crippen LogP contribution >= 0.6 is 23.2 Å². The Morgan fingerprint density at radius 1 is 1.50 bits per heavy atom. The van der Waals surface area contributed by atoms with Crippen LogP contribution in [0.15, 0.2) is 12.2 Å². The van der Waals surface area contributed by atoms with Gasteiger partial charge in [0, 0.05) is 0 Å². The summed E-state index contributed by atoms with van der Waals surface area (Å²) in [6.07, 6.45) is -0.639. The van der Waals surface area contributed by atoms with E-state index in [-0.39, 0.29) is 0 Å². The molecule has 0 spiro atoms. The quantitative estimate of drug-likeness (QED) is 0.524. The van der Waals surface area contributed by atoms with E-state index in [1.165, 1.54) is 0 Å². The highest BCUT2D eigenvalue weighted by Crippen LogP contribution is 2.32. The summed E-state index contributed by atoms with van der Waals surface area (Å²) in [4.78, 5) is 0. The van der Waals surface area contributed by atoms with E-state index >= 15 is 0 Å². The highest BCUT2D eigenvalue weighted by Gasteiger charge is 2.29. The van der Waals surface area contributed by atoms with Gasteiger partial charge in [-0.2, -0.15) is 4.39 Å². The van der Waals surface area contributed by atoms with Crippen molar-refractivity contribution in [3.05, 3.63) is 12.2 Å². The molecule has 48 valence electrons. The summed E-state index contributed by atoms with van der Waals surface area (Å²) in [7, 11) is 0. The summed E-state index contributed by atoms with van der Waals surface area (Å²) in [6, 6.07) is 0. The van der Waals surface area contributed by atoms with Crippen LogP contribution in [0.3, 0.4) is 0 Å². The van der Waals surface area contributed by atoms with Crippen LogP contribution in [0, 0.1) is 0 Å². The third-order valence-corrected chi connectivity index (χ3v) is 0.728. The molecular weight excluding hydrogens is 164 g/mol. The lowest BCUT2D eigenvalue weighted by Crippen LogP contribution is -2.02. The fourth-order valence-corrected chi connectivity index (χ4v) is 0.144. The van der Waals surface area contributed by atoms with Gasteiger partial charge in [0.05, 0.1) is 0 Å². The molecule has 0 aromatic heterocycles. The fourth-order valence-electron chi connectivity index (χ4n) is 0.0619. The molecule has 0 aromatic carbocycles. The van der Waals surface area contributed by atoms with Gasteiger partial charge in [-0.3, -0.25) is 0 Å². The van der Waals surface area contributed by atoms with Gasteiger partial charge in [-0.1, -0.05) is 23.2 Å². The third kappa shape index (κ3) is 2.43. The summed E-state index contributed by atoms with van der Waals surface area (Å²) < 4.78 is 30.8. The Bertz CT molecular complexity index is 104. The molecular formula is C3HCl2F3. The number of hydrogen-bond acceptors (Lipinski definition) is 0. The largest absolute Gasteiger partial charge is 0.311 e. The second-order valence-corrected chi connectivity index (χ2v) is 2.19. The van der Waals surface area contributed by atoms with Crippen LogP contribution < -0.4 is 0 Å². The first-order valence-electron chi connectivity index (χ1n) is 1.51. The zero-order valence-corrected chi connectivity index (χ0v) is 4.98. The van der Waals surface area contributed by atoms with E-state index in [1.807, 2.05) is 0 Å². The van der Waals surface area contributed by atoms with Crippen LogP contribution in [0.2, 0.25) is 0 Å². The maximum Gasteiger partial charge on any atom is 0.311 e. The molecule has 0 bridgehead atoms. The van der Waals surface area contributed by atoms with Crippen molar-refractivity contribution < 1.29 is 13.2 Å². The number of alkyl halides is 3. The second kappa shape index (κ2) is 2.60. The van der Waals surface area contributed by atoms with Crippen molar-refractivity contribution in [3.8, 4) is 0 Å². The van der Waals surface area contributed by atoms with Gasteiger partial charge in [-0.25, -0.2) is 8.78 Å². The molecule has 0 aliphatic carbocycles. The Kier molecular flexibility index (Phi) is 2.63. The van der Waals surface area contributed by atoms with E-state index in [4.69, 9.17) is 0 Å². The van der Waals surface area contributed by atoms with E-state index in [9.17, 15) is 13.2 Å². The van der Waals surface area contributed by atoms with Crippen molar-refractivity contribution in [2.45, 2.75) is 4.59 Å². The minimum atomic E-state index is -3.23. The topological polar surface area (TPSA) is 0 Å². The zero-order chi connectivity index (χ0) is 6.78. The average Bonchev–Trinajstić information content (AvgIpc) is 1.62. The molecule has 0 fully saturated rings. The molecule has 0 radical (unpaired) electrons. The highest BCUT2D eigenvalue weighted by atomic mass is 35.5. The summed E-state index contributed by atoms with van der Waals surface area (Å²) in [5.74, 6) is -1.85. The normalized spacial score (nSPS) is 14.4. The molecule has 8 heavy (non-hydrogen) atoms. The Morgan fingerprint density at radius 3 is 1.88 bits per heavy atom. The van der Waals surface area contributed by atoms with Gasteiger partial charge in [0.2, 0.25) is 0 Å². The maximum absolute atomic E-state index is 11.6. The Morgan fingerprint density at radius 2 is 1.88 bits per heavy atom. The van der Waals surface area contributed by atoms with E-state index < -0.39 is 16.7 Å². The van der Waals surface area contributed by atoms with Crippen LogP contribution in [0.5, 0.6) is 0 Å². The second-order valence-electron chi connectivity index (χ2n) is 0.955. The number of allylic oxidation sites excluding steroid dienone is 1. The van der Waals surface area contributed by atoms with Crippen LogP contribution in [-0.4, -0.2) is 4.59 Å². The first-order valence-corrected chi connectivity index (χ1v) is 2.27. The van der Waals surface area contributed by atoms with Crippen LogP contribution in [0.25, 0.3) is 0 Å². The highest BCUT2D eigenvalue weighted by molar-refractivity contribution is 6.48. The summed E-state index contributed by atoms with van der Waals surface area (Å²) in [5, 5.41) is 0. The number of rotatable bonds is 1. The van der Waals surface area contributed by atoms with E-state index in [0.29, 0.717) is 0 Å². The van der Waals surface area contributed by atoms with Crippen molar-refractivity contribution >= 4 is 23.2 Å². The van der Waals surface area contributed by atoms with Crippen molar-refractivity contribution in [1.82, 2.24) is 0 Å². The van der Waals surface area contributed by atoms with Gasteiger partial charge in [-0.15, -0.1) is 0 Å². The van der Waals surface area contributed by atoms with Crippen molar-refractivity contribution in [3.63, 3.8) is 0 Å². The lowest BCUT2D eigenvalue weighted by Gasteiger charge is -2.01. The monoisotopic (exact) mass is 164 g/mol. The van der Waals surface area contributed by atoms with Crippen LogP contribution in [0.1, 0.15) is 0 Å². The molecule has 0 N–H and O–H groups in total. The zero-order valence-electron chi connectivity index (χ0n) is 3.47. The first-order chi connectivity index (χ1) is 3.48. The van der Waals surface area contributed by atoms with E-state index in [2.05, 4.69) is 23.2 Å². The molecule has 0 saturated heterocycles. The van der Waals surface area contributed by atoms with Gasteiger partial charge in [-0.05, 0) is 0 Å². The van der Waals surface area contributed by atoms with Crippen LogP contribution in [0.4, 0.5) is 13.2 Å². The van der Waals surface area contributed by atoms with Crippen molar-refractivity contribution in [2.75, 3.05) is 0 Å². The maximum atomic E-state index is 11.6. The molecule has 5 heteroatoms. The molecule has 0 nitrogen and oxygen atoms in total. The molecule has 0 atom stereocenters. The SMILES string of the molecule is F/C=C(/F)C(F)(Cl)Cl. The first kappa shape index (κ1) is 8.11. The lowest BCUT2D eigenvalue weighted by molar-refractivity contribution is 0.366. The molecule has 0 saturated carbocycles. The Hall–Kier alpha value is 0.110. The number of halogens is 5. The van der Waals surface area contributed by atoms with E-state index in [1.54, 1.807) is 0 Å². The molecule has 0 heterocycles. The minimum Gasteiger partial charge on any atom is -0.212 e. The minimum absolute atomic E-state index is 0.639. The summed E-state index contributed by atoms with van der Waals surface area (Å²) in [5.41, 5.74) is 0. The number of hydrogen-bond donors (Lipinski definition) is 0. The predicted molar refractivity (Wildman–Crippen MR) is 25.8 cm³/mol. The molecule has 0 unspecified atom stereocenters. The molecule has 0 aromatic rings. The molecule has 0 rings (SSSR count). The van der Waals surface area contributed by atoms with Crippen molar-refractivity contribution in [1.29, 1.82) is 0 Å². The molecule has 0 aliphatic rings.